The molecule has 0 aliphatic carbocycles. The van der Waals surface area contributed by atoms with Crippen LogP contribution < -0.4 is 11.1 Å². The lowest BCUT2D eigenvalue weighted by Crippen LogP contribution is -2.40. The smallest absolute Gasteiger partial charge is 0.322 e. The maximum Gasteiger partial charge on any atom is 0.322 e. The molecule has 0 amide bonds. The zero-order valence-corrected chi connectivity index (χ0v) is 9.54. The molecular weight excluding hydrogens is 180 g/mol. The molecule has 84 valence electrons. The third kappa shape index (κ3) is 4.58. The summed E-state index contributed by atoms with van der Waals surface area (Å²) < 4.78 is 4.61. The van der Waals surface area contributed by atoms with Crippen LogP contribution in [0.2, 0.25) is 0 Å². The molecule has 2 unspecified atom stereocenters. The van der Waals surface area contributed by atoms with E-state index in [-0.39, 0.29) is 12.0 Å². The van der Waals surface area contributed by atoms with Crippen LogP contribution in [-0.2, 0) is 9.53 Å². The summed E-state index contributed by atoms with van der Waals surface area (Å²) in [5, 5.41) is 3.11. The van der Waals surface area contributed by atoms with Crippen molar-refractivity contribution in [3.63, 3.8) is 0 Å². The average molecular weight is 202 g/mol. The van der Waals surface area contributed by atoms with Gasteiger partial charge in [-0.2, -0.15) is 0 Å². The highest BCUT2D eigenvalue weighted by molar-refractivity contribution is 5.75. The number of rotatable bonds is 6. The molecule has 0 fully saturated rings. The van der Waals surface area contributed by atoms with Gasteiger partial charge < -0.3 is 15.8 Å². The zero-order chi connectivity index (χ0) is 11.1. The third-order valence-corrected chi connectivity index (χ3v) is 2.49. The predicted octanol–water partition coefficient (Wildman–Crippen LogP) is 0.368. The van der Waals surface area contributed by atoms with E-state index < -0.39 is 0 Å². The van der Waals surface area contributed by atoms with Gasteiger partial charge in [-0.05, 0) is 25.3 Å². The first-order valence-electron chi connectivity index (χ1n) is 5.04. The fraction of sp³-hybridized carbons (Fsp3) is 0.900. The summed E-state index contributed by atoms with van der Waals surface area (Å²) in [4.78, 5) is 11.1. The van der Waals surface area contributed by atoms with Crippen LogP contribution in [0.4, 0.5) is 0 Å². The van der Waals surface area contributed by atoms with Crippen LogP contribution in [0.15, 0.2) is 0 Å². The number of esters is 1. The number of carbonyl (C=O) groups excluding carboxylic acids is 1. The number of ether oxygens (including phenoxy) is 1. The van der Waals surface area contributed by atoms with E-state index in [9.17, 15) is 4.79 Å². The van der Waals surface area contributed by atoms with E-state index in [0.29, 0.717) is 18.4 Å². The first kappa shape index (κ1) is 13.4. The molecule has 4 heteroatoms. The SMILES string of the molecule is COC(=O)C(C)NCC(CN)C(C)C. The molecule has 0 bridgehead atoms. The van der Waals surface area contributed by atoms with E-state index >= 15 is 0 Å². The first-order valence-corrected chi connectivity index (χ1v) is 5.04. The van der Waals surface area contributed by atoms with Gasteiger partial charge in [-0.15, -0.1) is 0 Å². The van der Waals surface area contributed by atoms with Crippen LogP contribution >= 0.6 is 0 Å². The van der Waals surface area contributed by atoms with E-state index in [1.165, 1.54) is 7.11 Å². The number of hydrogen-bond acceptors (Lipinski definition) is 4. The molecule has 14 heavy (non-hydrogen) atoms. The minimum Gasteiger partial charge on any atom is -0.468 e. The molecule has 4 nitrogen and oxygen atoms in total. The second kappa shape index (κ2) is 6.79. The summed E-state index contributed by atoms with van der Waals surface area (Å²) in [6, 6.07) is -0.257. The predicted molar refractivity (Wildman–Crippen MR) is 56.9 cm³/mol. The van der Waals surface area contributed by atoms with Gasteiger partial charge in [-0.1, -0.05) is 13.8 Å². The van der Waals surface area contributed by atoms with Gasteiger partial charge in [0.05, 0.1) is 7.11 Å². The Morgan fingerprint density at radius 1 is 1.43 bits per heavy atom. The zero-order valence-electron chi connectivity index (χ0n) is 9.54. The summed E-state index contributed by atoms with van der Waals surface area (Å²) in [5.74, 6) is 0.698. The fourth-order valence-electron chi connectivity index (χ4n) is 1.18. The molecule has 0 spiro atoms. The van der Waals surface area contributed by atoms with Crippen molar-refractivity contribution < 1.29 is 9.53 Å². The topological polar surface area (TPSA) is 64.3 Å². The lowest BCUT2D eigenvalue weighted by atomic mass is 9.96. The highest BCUT2D eigenvalue weighted by Crippen LogP contribution is 2.07. The number of carbonyl (C=O) groups is 1. The molecule has 0 aromatic heterocycles. The fourth-order valence-corrected chi connectivity index (χ4v) is 1.18. The van der Waals surface area contributed by atoms with E-state index in [2.05, 4.69) is 23.9 Å². The molecule has 0 heterocycles. The standard InChI is InChI=1S/C10H22N2O2/c1-7(2)9(5-11)6-12-8(3)10(13)14-4/h7-9,12H,5-6,11H2,1-4H3. The Bertz CT molecular complexity index is 172. The van der Waals surface area contributed by atoms with Crippen LogP contribution in [0.25, 0.3) is 0 Å². The summed E-state index contributed by atoms with van der Waals surface area (Å²) in [5.41, 5.74) is 5.61. The molecule has 0 saturated carbocycles. The van der Waals surface area contributed by atoms with Crippen LogP contribution in [-0.4, -0.2) is 32.2 Å². The van der Waals surface area contributed by atoms with Crippen molar-refractivity contribution in [2.24, 2.45) is 17.6 Å². The van der Waals surface area contributed by atoms with Crippen LogP contribution in [0.1, 0.15) is 20.8 Å². The summed E-state index contributed by atoms with van der Waals surface area (Å²) >= 11 is 0. The second-order valence-corrected chi connectivity index (χ2v) is 3.89. The van der Waals surface area contributed by atoms with E-state index in [4.69, 9.17) is 5.73 Å². The number of hydrogen-bond donors (Lipinski definition) is 2. The molecule has 0 aliphatic heterocycles. The van der Waals surface area contributed by atoms with Gasteiger partial charge in [0.2, 0.25) is 0 Å². The lowest BCUT2D eigenvalue weighted by Gasteiger charge is -2.21. The van der Waals surface area contributed by atoms with Crippen molar-refractivity contribution >= 4 is 5.97 Å². The minimum absolute atomic E-state index is 0.232. The van der Waals surface area contributed by atoms with E-state index in [0.717, 1.165) is 6.54 Å². The minimum atomic E-state index is -0.257. The number of nitrogens with two attached hydrogens (primary N) is 1. The quantitative estimate of drug-likeness (QED) is 0.611. The third-order valence-electron chi connectivity index (χ3n) is 2.49. The molecule has 3 N–H and O–H groups in total. The maximum atomic E-state index is 11.1. The van der Waals surface area contributed by atoms with Gasteiger partial charge in [-0.3, -0.25) is 4.79 Å². The Labute approximate surface area is 86.2 Å². The van der Waals surface area contributed by atoms with Gasteiger partial charge in [0.15, 0.2) is 0 Å². The molecule has 0 radical (unpaired) electrons. The van der Waals surface area contributed by atoms with Crippen molar-refractivity contribution in [3.8, 4) is 0 Å². The van der Waals surface area contributed by atoms with Crippen molar-refractivity contribution in [2.75, 3.05) is 20.2 Å². The first-order chi connectivity index (χ1) is 6.52. The number of nitrogens with one attached hydrogen (secondary N) is 1. The molecule has 2 atom stereocenters. The summed E-state index contributed by atoms with van der Waals surface area (Å²) in [6.45, 7) is 7.44. The Kier molecular flexibility index (Phi) is 6.49. The largest absolute Gasteiger partial charge is 0.468 e. The van der Waals surface area contributed by atoms with Crippen molar-refractivity contribution in [1.82, 2.24) is 5.32 Å². The van der Waals surface area contributed by atoms with Crippen LogP contribution in [0.5, 0.6) is 0 Å². The van der Waals surface area contributed by atoms with Crippen molar-refractivity contribution in [3.05, 3.63) is 0 Å². The van der Waals surface area contributed by atoms with Crippen molar-refractivity contribution in [2.45, 2.75) is 26.8 Å². The second-order valence-electron chi connectivity index (χ2n) is 3.89. The molecule has 0 saturated heterocycles. The van der Waals surface area contributed by atoms with Gasteiger partial charge in [0, 0.05) is 6.54 Å². The van der Waals surface area contributed by atoms with Gasteiger partial charge in [0.25, 0.3) is 0 Å². The highest BCUT2D eigenvalue weighted by atomic mass is 16.5. The Balaban J connectivity index is 3.85. The van der Waals surface area contributed by atoms with Gasteiger partial charge in [-0.25, -0.2) is 0 Å². The van der Waals surface area contributed by atoms with Gasteiger partial charge in [0.1, 0.15) is 6.04 Å². The Hall–Kier alpha value is -0.610. The maximum absolute atomic E-state index is 11.1. The van der Waals surface area contributed by atoms with Gasteiger partial charge >= 0.3 is 5.97 Å². The highest BCUT2D eigenvalue weighted by Gasteiger charge is 2.16. The molecule has 0 aromatic rings. The Morgan fingerprint density at radius 3 is 2.36 bits per heavy atom. The molecule has 0 rings (SSSR count). The van der Waals surface area contributed by atoms with E-state index in [1.54, 1.807) is 6.92 Å². The van der Waals surface area contributed by atoms with Crippen LogP contribution in [0.3, 0.4) is 0 Å². The monoisotopic (exact) mass is 202 g/mol. The lowest BCUT2D eigenvalue weighted by molar-refractivity contribution is -0.142. The molecular formula is C10H22N2O2. The summed E-state index contributed by atoms with van der Waals surface area (Å²) in [6.07, 6.45) is 0. The normalized spacial score (nSPS) is 15.3. The van der Waals surface area contributed by atoms with E-state index in [1.807, 2.05) is 0 Å². The number of methoxy groups -OCH3 is 1. The average Bonchev–Trinajstić information content (AvgIpc) is 2.16. The summed E-state index contributed by atoms with van der Waals surface area (Å²) in [7, 11) is 1.39. The van der Waals surface area contributed by atoms with Crippen molar-refractivity contribution in [1.29, 1.82) is 0 Å². The molecule has 0 aliphatic rings. The Morgan fingerprint density at radius 2 is 2.00 bits per heavy atom. The molecule has 0 aromatic carbocycles. The van der Waals surface area contributed by atoms with Crippen LogP contribution in [0, 0.1) is 11.8 Å².